The zero-order valence-corrected chi connectivity index (χ0v) is 14.0. The Hall–Kier alpha value is -2.25. The van der Waals surface area contributed by atoms with E-state index in [4.69, 9.17) is 23.2 Å². The molecule has 3 rings (SSSR count). The third-order valence-electron chi connectivity index (χ3n) is 3.92. The number of piperazine rings is 1. The molecule has 0 unspecified atom stereocenters. The molecule has 2 aromatic rings. The maximum Gasteiger partial charge on any atom is 0.294 e. The number of anilines is 1. The highest BCUT2D eigenvalue weighted by Gasteiger charge is 2.27. The van der Waals surface area contributed by atoms with E-state index in [1.165, 1.54) is 6.07 Å². The van der Waals surface area contributed by atoms with Gasteiger partial charge in [0.1, 0.15) is 11.4 Å². The number of halogens is 2. The molecular formula is C15H14Cl2N4O3. The number of nitro benzene ring substituents is 1. The maximum atomic E-state index is 12.4. The second-order valence-electron chi connectivity index (χ2n) is 5.40. The molecule has 1 saturated heterocycles. The summed E-state index contributed by atoms with van der Waals surface area (Å²) in [6.07, 6.45) is 1.56. The fourth-order valence-electron chi connectivity index (χ4n) is 2.72. The molecule has 126 valence electrons. The van der Waals surface area contributed by atoms with Crippen molar-refractivity contribution < 1.29 is 9.72 Å². The molecule has 9 heteroatoms. The summed E-state index contributed by atoms with van der Waals surface area (Å²) in [5, 5.41) is 12.0. The highest BCUT2D eigenvalue weighted by atomic mass is 35.5. The first kappa shape index (κ1) is 16.6. The number of aromatic nitrogens is 1. The molecule has 0 spiro atoms. The molecule has 0 bridgehead atoms. The number of H-pyrrole nitrogens is 1. The van der Waals surface area contributed by atoms with Gasteiger partial charge in [-0.2, -0.15) is 0 Å². The van der Waals surface area contributed by atoms with E-state index in [1.54, 1.807) is 29.3 Å². The molecule has 7 nitrogen and oxygen atoms in total. The Kier molecular flexibility index (Phi) is 4.64. The fraction of sp³-hybridized carbons (Fsp3) is 0.267. The van der Waals surface area contributed by atoms with Crippen molar-refractivity contribution >= 4 is 40.5 Å². The van der Waals surface area contributed by atoms with Crippen molar-refractivity contribution in [1.29, 1.82) is 0 Å². The SMILES string of the molecule is O=C(c1cc(Cl)c[nH]1)N1CCN(c2ccc(Cl)cc2[N+](=O)[O-])CC1. The number of nitrogens with one attached hydrogen (secondary N) is 1. The largest absolute Gasteiger partial charge is 0.362 e. The van der Waals surface area contributed by atoms with Gasteiger partial charge in [-0.1, -0.05) is 23.2 Å². The van der Waals surface area contributed by atoms with Gasteiger partial charge in [0.15, 0.2) is 0 Å². The Morgan fingerprint density at radius 1 is 1.12 bits per heavy atom. The summed E-state index contributed by atoms with van der Waals surface area (Å²) in [5.41, 5.74) is 0.920. The molecular weight excluding hydrogens is 355 g/mol. The van der Waals surface area contributed by atoms with E-state index in [0.717, 1.165) is 0 Å². The Morgan fingerprint density at radius 2 is 1.83 bits per heavy atom. The lowest BCUT2D eigenvalue weighted by Crippen LogP contribution is -2.49. The number of nitro groups is 1. The fourth-order valence-corrected chi connectivity index (χ4v) is 3.05. The number of aromatic amines is 1. The quantitative estimate of drug-likeness (QED) is 0.665. The zero-order chi connectivity index (χ0) is 17.3. The number of carbonyl (C=O) groups is 1. The Labute approximate surface area is 147 Å². The molecule has 24 heavy (non-hydrogen) atoms. The summed E-state index contributed by atoms with van der Waals surface area (Å²) in [5.74, 6) is -0.132. The smallest absolute Gasteiger partial charge is 0.294 e. The van der Waals surface area contributed by atoms with Crippen LogP contribution in [0.1, 0.15) is 10.5 Å². The summed E-state index contributed by atoms with van der Waals surface area (Å²) < 4.78 is 0. The van der Waals surface area contributed by atoms with Crippen LogP contribution < -0.4 is 4.90 Å². The van der Waals surface area contributed by atoms with E-state index >= 15 is 0 Å². The lowest BCUT2D eigenvalue weighted by molar-refractivity contribution is -0.384. The van der Waals surface area contributed by atoms with Crippen molar-refractivity contribution in [3.8, 4) is 0 Å². The highest BCUT2D eigenvalue weighted by molar-refractivity contribution is 6.31. The number of amides is 1. The van der Waals surface area contributed by atoms with Crippen LogP contribution in [-0.4, -0.2) is 46.9 Å². The van der Waals surface area contributed by atoms with E-state index in [0.29, 0.717) is 47.6 Å². The molecule has 1 N–H and O–H groups in total. The van der Waals surface area contributed by atoms with Gasteiger partial charge in [0.25, 0.3) is 11.6 Å². The summed E-state index contributed by atoms with van der Waals surface area (Å²) in [7, 11) is 0. The zero-order valence-electron chi connectivity index (χ0n) is 12.5. The predicted molar refractivity (Wildman–Crippen MR) is 92.0 cm³/mol. The molecule has 1 aliphatic heterocycles. The van der Waals surface area contributed by atoms with Gasteiger partial charge in [0.05, 0.1) is 9.95 Å². The van der Waals surface area contributed by atoms with Crippen LogP contribution in [0.4, 0.5) is 11.4 Å². The number of rotatable bonds is 3. The standard InChI is InChI=1S/C15H14Cl2N4O3/c16-10-1-2-13(14(8-10)21(23)24)19-3-5-20(6-4-19)15(22)12-7-11(17)9-18-12/h1-2,7-9,18H,3-6H2. The van der Waals surface area contributed by atoms with Gasteiger partial charge in [-0.05, 0) is 18.2 Å². The van der Waals surface area contributed by atoms with Crippen molar-refractivity contribution in [2.75, 3.05) is 31.1 Å². The molecule has 0 atom stereocenters. The molecule has 1 amide bonds. The first-order valence-corrected chi connectivity index (χ1v) is 8.03. The van der Waals surface area contributed by atoms with E-state index < -0.39 is 4.92 Å². The van der Waals surface area contributed by atoms with Crippen LogP contribution in [0, 0.1) is 10.1 Å². The lowest BCUT2D eigenvalue weighted by atomic mass is 10.2. The second kappa shape index (κ2) is 6.70. The van der Waals surface area contributed by atoms with Crippen LogP contribution in [0.3, 0.4) is 0 Å². The van der Waals surface area contributed by atoms with E-state index in [9.17, 15) is 14.9 Å². The molecule has 1 fully saturated rings. The predicted octanol–water partition coefficient (Wildman–Crippen LogP) is 3.19. The van der Waals surface area contributed by atoms with Crippen molar-refractivity contribution in [2.24, 2.45) is 0 Å². The first-order valence-electron chi connectivity index (χ1n) is 7.28. The summed E-state index contributed by atoms with van der Waals surface area (Å²) >= 11 is 11.7. The lowest BCUT2D eigenvalue weighted by Gasteiger charge is -2.35. The van der Waals surface area contributed by atoms with Gasteiger partial charge >= 0.3 is 0 Å². The number of hydrogen-bond acceptors (Lipinski definition) is 4. The first-order chi connectivity index (χ1) is 11.5. The molecule has 0 saturated carbocycles. The average molecular weight is 369 g/mol. The number of benzene rings is 1. The van der Waals surface area contributed by atoms with Gasteiger partial charge < -0.3 is 14.8 Å². The van der Waals surface area contributed by atoms with Crippen molar-refractivity contribution in [3.63, 3.8) is 0 Å². The van der Waals surface area contributed by atoms with E-state index in [2.05, 4.69) is 4.98 Å². The van der Waals surface area contributed by atoms with Crippen LogP contribution in [0.5, 0.6) is 0 Å². The van der Waals surface area contributed by atoms with Gasteiger partial charge in [-0.15, -0.1) is 0 Å². The van der Waals surface area contributed by atoms with Crippen LogP contribution in [-0.2, 0) is 0 Å². The van der Waals surface area contributed by atoms with E-state index in [1.807, 2.05) is 4.90 Å². The highest BCUT2D eigenvalue weighted by Crippen LogP contribution is 2.31. The molecule has 1 aliphatic rings. The van der Waals surface area contributed by atoms with Crippen molar-refractivity contribution in [2.45, 2.75) is 0 Å². The third-order valence-corrected chi connectivity index (χ3v) is 4.37. The minimum Gasteiger partial charge on any atom is -0.362 e. The number of nitrogens with zero attached hydrogens (tertiary/aromatic N) is 3. The van der Waals surface area contributed by atoms with Gasteiger partial charge in [-0.25, -0.2) is 0 Å². The number of carbonyl (C=O) groups excluding carboxylic acids is 1. The van der Waals surface area contributed by atoms with Gasteiger partial charge in [0, 0.05) is 43.5 Å². The normalized spacial score (nSPS) is 14.8. The Morgan fingerprint density at radius 3 is 2.42 bits per heavy atom. The summed E-state index contributed by atoms with van der Waals surface area (Å²) in [6.45, 7) is 1.94. The minimum absolute atomic E-state index is 0.0292. The molecule has 0 aliphatic carbocycles. The van der Waals surface area contributed by atoms with Crippen LogP contribution in [0.15, 0.2) is 30.5 Å². The topological polar surface area (TPSA) is 82.5 Å². The van der Waals surface area contributed by atoms with Crippen molar-refractivity contribution in [3.05, 3.63) is 56.3 Å². The Balaban J connectivity index is 1.71. The number of hydrogen-bond donors (Lipinski definition) is 1. The van der Waals surface area contributed by atoms with Crippen molar-refractivity contribution in [1.82, 2.24) is 9.88 Å². The van der Waals surface area contributed by atoms with Gasteiger partial charge in [0.2, 0.25) is 0 Å². The van der Waals surface area contributed by atoms with Gasteiger partial charge in [-0.3, -0.25) is 14.9 Å². The molecule has 0 radical (unpaired) electrons. The van der Waals surface area contributed by atoms with Crippen LogP contribution in [0.25, 0.3) is 0 Å². The third kappa shape index (κ3) is 3.32. The van der Waals surface area contributed by atoms with Crippen LogP contribution >= 0.6 is 23.2 Å². The average Bonchev–Trinajstić information content (AvgIpc) is 3.01. The second-order valence-corrected chi connectivity index (χ2v) is 6.27. The molecule has 1 aromatic carbocycles. The Bertz CT molecular complexity index is 785. The summed E-state index contributed by atoms with van der Waals surface area (Å²) in [6, 6.07) is 6.20. The monoisotopic (exact) mass is 368 g/mol. The van der Waals surface area contributed by atoms with E-state index in [-0.39, 0.29) is 11.6 Å². The van der Waals surface area contributed by atoms with Crippen LogP contribution in [0.2, 0.25) is 10.0 Å². The maximum absolute atomic E-state index is 12.4. The molecule has 2 heterocycles. The summed E-state index contributed by atoms with van der Waals surface area (Å²) in [4.78, 5) is 29.6. The molecule has 1 aromatic heterocycles. The minimum atomic E-state index is -0.445.